The zero-order chi connectivity index (χ0) is 12.3. The van der Waals surface area contributed by atoms with Crippen LogP contribution in [0.25, 0.3) is 0 Å². The summed E-state index contributed by atoms with van der Waals surface area (Å²) in [6, 6.07) is 1.75. The zero-order valence-corrected chi connectivity index (χ0v) is 10.5. The Morgan fingerprint density at radius 3 is 3.00 bits per heavy atom. The van der Waals surface area contributed by atoms with Crippen molar-refractivity contribution in [2.45, 2.75) is 26.7 Å². The van der Waals surface area contributed by atoms with Crippen molar-refractivity contribution in [1.29, 1.82) is 0 Å². The van der Waals surface area contributed by atoms with Gasteiger partial charge in [0.05, 0.1) is 6.26 Å². The molecule has 6 heteroatoms. The van der Waals surface area contributed by atoms with E-state index >= 15 is 0 Å². The molecule has 0 fully saturated rings. The number of carbonyl (C=O) groups excluding carboxylic acids is 1. The lowest BCUT2D eigenvalue weighted by Crippen LogP contribution is -2.11. The van der Waals surface area contributed by atoms with Gasteiger partial charge in [0.15, 0.2) is 5.76 Å². The van der Waals surface area contributed by atoms with Crippen LogP contribution in [0.1, 0.15) is 34.5 Å². The van der Waals surface area contributed by atoms with Crippen LogP contribution in [0.15, 0.2) is 16.7 Å². The summed E-state index contributed by atoms with van der Waals surface area (Å²) in [5, 5.41) is 12.0. The van der Waals surface area contributed by atoms with Crippen molar-refractivity contribution in [3.63, 3.8) is 0 Å². The molecule has 0 aromatic carbocycles. The smallest absolute Gasteiger partial charge is 0.293 e. The van der Waals surface area contributed by atoms with E-state index in [1.807, 2.05) is 6.92 Å². The van der Waals surface area contributed by atoms with Crippen molar-refractivity contribution < 1.29 is 9.21 Å². The summed E-state index contributed by atoms with van der Waals surface area (Å²) >= 11 is 1.39. The van der Waals surface area contributed by atoms with Crippen LogP contribution in [0.4, 0.5) is 5.13 Å². The van der Waals surface area contributed by atoms with Crippen molar-refractivity contribution >= 4 is 22.4 Å². The molecule has 5 nitrogen and oxygen atoms in total. The summed E-state index contributed by atoms with van der Waals surface area (Å²) in [5.74, 6) is 0.0314. The second kappa shape index (κ2) is 5.09. The van der Waals surface area contributed by atoms with Crippen molar-refractivity contribution in [3.8, 4) is 0 Å². The van der Waals surface area contributed by atoms with E-state index in [9.17, 15) is 4.79 Å². The van der Waals surface area contributed by atoms with Crippen molar-refractivity contribution in [3.05, 3.63) is 28.7 Å². The number of hydrogen-bond acceptors (Lipinski definition) is 5. The van der Waals surface area contributed by atoms with E-state index in [1.165, 1.54) is 17.6 Å². The summed E-state index contributed by atoms with van der Waals surface area (Å²) in [5.41, 5.74) is 0.806. The van der Waals surface area contributed by atoms with Gasteiger partial charge < -0.3 is 4.42 Å². The number of nitrogens with one attached hydrogen (secondary N) is 1. The van der Waals surface area contributed by atoms with Gasteiger partial charge in [0.2, 0.25) is 5.13 Å². The van der Waals surface area contributed by atoms with E-state index in [2.05, 4.69) is 22.4 Å². The Balaban J connectivity index is 2.05. The van der Waals surface area contributed by atoms with Crippen LogP contribution in [-0.2, 0) is 6.42 Å². The zero-order valence-electron chi connectivity index (χ0n) is 9.69. The van der Waals surface area contributed by atoms with Crippen LogP contribution in [0.5, 0.6) is 0 Å². The molecule has 1 amide bonds. The Morgan fingerprint density at radius 2 is 2.35 bits per heavy atom. The third-order valence-corrected chi connectivity index (χ3v) is 3.12. The molecule has 2 aromatic heterocycles. The molecule has 0 bridgehead atoms. The van der Waals surface area contributed by atoms with Crippen LogP contribution in [0.2, 0.25) is 0 Å². The maximum atomic E-state index is 11.8. The molecule has 0 saturated carbocycles. The van der Waals surface area contributed by atoms with Crippen LogP contribution in [0.3, 0.4) is 0 Å². The summed E-state index contributed by atoms with van der Waals surface area (Å²) in [6.07, 6.45) is 3.39. The highest BCUT2D eigenvalue weighted by Gasteiger charge is 2.14. The van der Waals surface area contributed by atoms with E-state index in [1.54, 1.807) is 6.07 Å². The Kier molecular flexibility index (Phi) is 3.53. The first kappa shape index (κ1) is 11.8. The maximum Gasteiger partial charge on any atom is 0.293 e. The number of rotatable bonds is 4. The minimum Gasteiger partial charge on any atom is -0.459 e. The number of aryl methyl sites for hydroxylation is 2. The van der Waals surface area contributed by atoms with Crippen LogP contribution in [0, 0.1) is 6.92 Å². The average molecular weight is 251 g/mol. The summed E-state index contributed by atoms with van der Waals surface area (Å²) < 4.78 is 5.10. The Labute approximate surface area is 103 Å². The van der Waals surface area contributed by atoms with Gasteiger partial charge in [0, 0.05) is 12.0 Å². The first-order valence-electron chi connectivity index (χ1n) is 5.38. The van der Waals surface area contributed by atoms with Gasteiger partial charge in [-0.1, -0.05) is 18.3 Å². The second-order valence-electron chi connectivity index (χ2n) is 3.64. The van der Waals surface area contributed by atoms with E-state index in [0.29, 0.717) is 10.9 Å². The molecule has 2 heterocycles. The quantitative estimate of drug-likeness (QED) is 0.907. The van der Waals surface area contributed by atoms with Gasteiger partial charge in [-0.15, -0.1) is 10.2 Å². The molecular weight excluding hydrogens is 238 g/mol. The minimum absolute atomic E-state index is 0.285. The number of aromatic nitrogens is 2. The van der Waals surface area contributed by atoms with Gasteiger partial charge in [-0.05, 0) is 19.4 Å². The number of anilines is 1. The third-order valence-electron chi connectivity index (χ3n) is 2.22. The van der Waals surface area contributed by atoms with E-state index < -0.39 is 0 Å². The third kappa shape index (κ3) is 2.71. The van der Waals surface area contributed by atoms with Crippen LogP contribution < -0.4 is 5.32 Å². The van der Waals surface area contributed by atoms with Crippen molar-refractivity contribution in [2.24, 2.45) is 0 Å². The highest BCUT2D eigenvalue weighted by Crippen LogP contribution is 2.18. The predicted molar refractivity (Wildman–Crippen MR) is 65.3 cm³/mol. The highest BCUT2D eigenvalue weighted by atomic mass is 32.1. The van der Waals surface area contributed by atoms with Gasteiger partial charge in [-0.25, -0.2) is 0 Å². The van der Waals surface area contributed by atoms with Gasteiger partial charge in [-0.2, -0.15) is 0 Å². The molecule has 2 rings (SSSR count). The van der Waals surface area contributed by atoms with Gasteiger partial charge in [0.25, 0.3) is 5.91 Å². The van der Waals surface area contributed by atoms with E-state index in [-0.39, 0.29) is 5.91 Å². The molecule has 90 valence electrons. The molecule has 0 aliphatic rings. The molecule has 0 aliphatic carbocycles. The maximum absolute atomic E-state index is 11.8. The number of amides is 1. The van der Waals surface area contributed by atoms with Gasteiger partial charge in [0.1, 0.15) is 5.01 Å². The predicted octanol–water partition coefficient (Wildman–Crippen LogP) is 2.64. The molecule has 17 heavy (non-hydrogen) atoms. The molecule has 0 radical (unpaired) electrons. The summed E-state index contributed by atoms with van der Waals surface area (Å²) in [7, 11) is 0. The minimum atomic E-state index is -0.285. The number of carbonyl (C=O) groups is 1. The Hall–Kier alpha value is -1.69. The largest absolute Gasteiger partial charge is 0.459 e. The summed E-state index contributed by atoms with van der Waals surface area (Å²) in [6.45, 7) is 3.90. The van der Waals surface area contributed by atoms with Crippen LogP contribution >= 0.6 is 11.3 Å². The standard InChI is InChI=1S/C11H13N3O2S/c1-3-4-8-13-14-11(17-8)12-10(15)9-7(2)5-6-16-9/h5-6H,3-4H2,1-2H3,(H,12,14,15). The number of hydrogen-bond donors (Lipinski definition) is 1. The fourth-order valence-electron chi connectivity index (χ4n) is 1.38. The number of furan rings is 1. The molecule has 0 unspecified atom stereocenters. The summed E-state index contributed by atoms with van der Waals surface area (Å²) in [4.78, 5) is 11.8. The second-order valence-corrected chi connectivity index (χ2v) is 4.70. The monoisotopic (exact) mass is 251 g/mol. The molecule has 2 aromatic rings. The lowest BCUT2D eigenvalue weighted by molar-refractivity contribution is 0.0996. The normalized spacial score (nSPS) is 10.5. The lowest BCUT2D eigenvalue weighted by atomic mass is 10.3. The van der Waals surface area contributed by atoms with Gasteiger partial charge in [-0.3, -0.25) is 10.1 Å². The average Bonchev–Trinajstić information content (AvgIpc) is 2.88. The van der Waals surface area contributed by atoms with Crippen molar-refractivity contribution in [1.82, 2.24) is 10.2 Å². The molecule has 0 saturated heterocycles. The SMILES string of the molecule is CCCc1nnc(NC(=O)c2occc2C)s1. The number of nitrogens with zero attached hydrogens (tertiary/aromatic N) is 2. The van der Waals surface area contributed by atoms with Crippen LogP contribution in [-0.4, -0.2) is 16.1 Å². The molecule has 0 aliphatic heterocycles. The Bertz CT molecular complexity index is 518. The fourth-order valence-corrected chi connectivity index (χ4v) is 2.21. The first-order valence-corrected chi connectivity index (χ1v) is 6.20. The topological polar surface area (TPSA) is 68.0 Å². The van der Waals surface area contributed by atoms with E-state index in [0.717, 1.165) is 23.4 Å². The Morgan fingerprint density at radius 1 is 1.53 bits per heavy atom. The molecule has 0 spiro atoms. The molecule has 0 atom stereocenters. The van der Waals surface area contributed by atoms with Gasteiger partial charge >= 0.3 is 0 Å². The lowest BCUT2D eigenvalue weighted by Gasteiger charge is -1.97. The first-order chi connectivity index (χ1) is 8.20. The van der Waals surface area contributed by atoms with E-state index in [4.69, 9.17) is 4.42 Å². The van der Waals surface area contributed by atoms with Crippen molar-refractivity contribution in [2.75, 3.05) is 5.32 Å². The molecular formula is C11H13N3O2S. The molecule has 1 N–H and O–H groups in total. The fraction of sp³-hybridized carbons (Fsp3) is 0.364. The highest BCUT2D eigenvalue weighted by molar-refractivity contribution is 7.15.